The summed E-state index contributed by atoms with van der Waals surface area (Å²) >= 11 is 5.99. The molecule has 2 aromatic heterocycles. The van der Waals surface area contributed by atoms with E-state index in [0.717, 1.165) is 44.3 Å². The van der Waals surface area contributed by atoms with E-state index in [2.05, 4.69) is 36.4 Å². The summed E-state index contributed by atoms with van der Waals surface area (Å²) in [6.07, 6.45) is 11.7. The quantitative estimate of drug-likeness (QED) is 0.182. The fourth-order valence-corrected chi connectivity index (χ4v) is 4.92. The van der Waals surface area contributed by atoms with E-state index >= 15 is 0 Å². The number of amides is 1. The zero-order chi connectivity index (χ0) is 28.6. The number of halogens is 1. The fraction of sp³-hybridized carbons (Fsp3) is 0.290. The van der Waals surface area contributed by atoms with E-state index in [9.17, 15) is 4.79 Å². The Hall–Kier alpha value is -4.39. The van der Waals surface area contributed by atoms with Crippen molar-refractivity contribution in [1.82, 2.24) is 19.9 Å². The normalized spacial score (nSPS) is 13.9. The van der Waals surface area contributed by atoms with Gasteiger partial charge < -0.3 is 25.0 Å². The molecule has 4 aromatic rings. The largest absolute Gasteiger partial charge is 0.493 e. The highest BCUT2D eigenvalue weighted by atomic mass is 35.5. The second kappa shape index (κ2) is 13.3. The van der Waals surface area contributed by atoms with E-state index in [1.807, 2.05) is 12.1 Å². The molecule has 5 rings (SSSR count). The maximum Gasteiger partial charge on any atom is 0.256 e. The number of piperidine rings is 1. The molecular formula is C31H31ClN6O3. The van der Waals surface area contributed by atoms with Gasteiger partial charge in [-0.05, 0) is 68.8 Å². The molecule has 0 spiro atoms. The number of methoxy groups -OCH3 is 1. The predicted molar refractivity (Wildman–Crippen MR) is 161 cm³/mol. The number of pyridine rings is 1. The standard InChI is InChI=1S/C31H31ClN6O3/c1-3-21-10-13-38(14-11-21)12-5-15-41-28-18-26-25(17-27(28)40-2)30(35-20-34-26)36-24-8-9-29(33-19-24)37-31(39)22-6-4-7-23(32)16-22/h1,4,6-9,16-21H,5,10-15H2,2H3,(H,33,37,39)(H,34,35,36). The molecule has 1 amide bonds. The van der Waals surface area contributed by atoms with Crippen molar-refractivity contribution in [2.75, 3.05) is 44.0 Å². The van der Waals surface area contributed by atoms with Gasteiger partial charge in [-0.1, -0.05) is 17.7 Å². The maximum absolute atomic E-state index is 12.5. The number of terminal acetylenes is 1. The van der Waals surface area contributed by atoms with E-state index in [1.165, 1.54) is 6.33 Å². The number of hydrogen-bond acceptors (Lipinski definition) is 8. The Bertz CT molecular complexity index is 1550. The number of nitrogens with one attached hydrogen (secondary N) is 2. The van der Waals surface area contributed by atoms with Gasteiger partial charge >= 0.3 is 0 Å². The van der Waals surface area contributed by atoms with Crippen molar-refractivity contribution in [3.05, 3.63) is 71.6 Å². The number of hydrogen-bond donors (Lipinski definition) is 2. The van der Waals surface area contributed by atoms with Crippen molar-refractivity contribution in [3.8, 4) is 23.8 Å². The van der Waals surface area contributed by atoms with E-state index in [4.69, 9.17) is 27.5 Å². The Morgan fingerprint density at radius 2 is 1.98 bits per heavy atom. The lowest BCUT2D eigenvalue weighted by atomic mass is 9.98. The van der Waals surface area contributed by atoms with Crippen LogP contribution in [0.15, 0.2) is 61.1 Å². The molecule has 0 radical (unpaired) electrons. The van der Waals surface area contributed by atoms with Crippen molar-refractivity contribution in [2.45, 2.75) is 19.3 Å². The molecule has 0 bridgehead atoms. The highest BCUT2D eigenvalue weighted by Gasteiger charge is 2.17. The van der Waals surface area contributed by atoms with Crippen LogP contribution in [-0.4, -0.2) is 59.1 Å². The number of carbonyl (C=O) groups excluding carboxylic acids is 1. The number of ether oxygens (including phenoxy) is 2. The molecule has 0 unspecified atom stereocenters. The van der Waals surface area contributed by atoms with Crippen LogP contribution in [0.5, 0.6) is 11.5 Å². The zero-order valence-electron chi connectivity index (χ0n) is 22.8. The van der Waals surface area contributed by atoms with Gasteiger partial charge in [-0.15, -0.1) is 12.3 Å². The summed E-state index contributed by atoms with van der Waals surface area (Å²) in [5, 5.41) is 7.30. The Morgan fingerprint density at radius 3 is 2.71 bits per heavy atom. The van der Waals surface area contributed by atoms with E-state index in [-0.39, 0.29) is 5.91 Å². The Balaban J connectivity index is 1.21. The highest BCUT2D eigenvalue weighted by molar-refractivity contribution is 6.31. The highest BCUT2D eigenvalue weighted by Crippen LogP contribution is 2.35. The molecule has 10 heteroatoms. The summed E-state index contributed by atoms with van der Waals surface area (Å²) in [6.45, 7) is 3.62. The average molecular weight is 571 g/mol. The van der Waals surface area contributed by atoms with E-state index in [0.29, 0.717) is 57.4 Å². The summed E-state index contributed by atoms with van der Waals surface area (Å²) in [5.74, 6) is 5.23. The number of anilines is 3. The minimum Gasteiger partial charge on any atom is -0.493 e. The van der Waals surface area contributed by atoms with Crippen molar-refractivity contribution < 1.29 is 14.3 Å². The molecule has 9 nitrogen and oxygen atoms in total. The number of aromatic nitrogens is 3. The van der Waals surface area contributed by atoms with Crippen LogP contribution in [0, 0.1) is 18.3 Å². The van der Waals surface area contributed by atoms with E-state index < -0.39 is 0 Å². The fourth-order valence-electron chi connectivity index (χ4n) is 4.73. The second-order valence-electron chi connectivity index (χ2n) is 9.75. The molecule has 1 fully saturated rings. The number of fused-ring (bicyclic) bond motifs is 1. The van der Waals surface area contributed by atoms with Crippen LogP contribution in [0.25, 0.3) is 10.9 Å². The summed E-state index contributed by atoms with van der Waals surface area (Å²) in [4.78, 5) is 28.1. The second-order valence-corrected chi connectivity index (χ2v) is 10.2. The van der Waals surface area contributed by atoms with Crippen LogP contribution in [0.4, 0.5) is 17.3 Å². The monoisotopic (exact) mass is 570 g/mol. The molecule has 41 heavy (non-hydrogen) atoms. The topological polar surface area (TPSA) is 102 Å². The lowest BCUT2D eigenvalue weighted by molar-refractivity contribution is 0.102. The molecule has 1 aliphatic heterocycles. The molecule has 2 N–H and O–H groups in total. The average Bonchev–Trinajstić information content (AvgIpc) is 3.00. The Kier molecular flexibility index (Phi) is 9.14. The molecule has 3 heterocycles. The molecule has 1 aliphatic rings. The summed E-state index contributed by atoms with van der Waals surface area (Å²) in [7, 11) is 1.61. The minimum absolute atomic E-state index is 0.294. The molecule has 2 aromatic carbocycles. The SMILES string of the molecule is C#CC1CCN(CCCOc2cc3ncnc(Nc4ccc(NC(=O)c5cccc(Cl)c5)nc4)c3cc2OC)CC1. The van der Waals surface area contributed by atoms with Gasteiger partial charge in [-0.25, -0.2) is 15.0 Å². The zero-order valence-corrected chi connectivity index (χ0v) is 23.5. The molecule has 0 atom stereocenters. The first kappa shape index (κ1) is 28.1. The maximum atomic E-state index is 12.5. The van der Waals surface area contributed by atoms with Gasteiger partial charge in [-0.3, -0.25) is 4.79 Å². The van der Waals surface area contributed by atoms with Crippen molar-refractivity contribution >= 4 is 45.7 Å². The lowest BCUT2D eigenvalue weighted by Crippen LogP contribution is -2.34. The summed E-state index contributed by atoms with van der Waals surface area (Å²) < 4.78 is 11.7. The number of nitrogens with zero attached hydrogens (tertiary/aromatic N) is 4. The third kappa shape index (κ3) is 7.23. The third-order valence-electron chi connectivity index (χ3n) is 6.97. The van der Waals surface area contributed by atoms with Gasteiger partial charge in [0, 0.05) is 34.5 Å². The summed E-state index contributed by atoms with van der Waals surface area (Å²) in [5.41, 5.74) is 1.86. The number of carbonyl (C=O) groups is 1. The van der Waals surface area contributed by atoms with Gasteiger partial charge in [0.05, 0.1) is 31.1 Å². The van der Waals surface area contributed by atoms with Crippen molar-refractivity contribution in [1.29, 1.82) is 0 Å². The Labute approximate surface area is 244 Å². The van der Waals surface area contributed by atoms with Crippen LogP contribution in [-0.2, 0) is 0 Å². The first-order chi connectivity index (χ1) is 20.0. The number of benzene rings is 2. The minimum atomic E-state index is -0.294. The van der Waals surface area contributed by atoms with Crippen LogP contribution < -0.4 is 20.1 Å². The molecular weight excluding hydrogens is 540 g/mol. The molecule has 210 valence electrons. The first-order valence-corrected chi connectivity index (χ1v) is 13.8. The van der Waals surface area contributed by atoms with Gasteiger partial charge in [0.2, 0.25) is 0 Å². The van der Waals surface area contributed by atoms with Crippen LogP contribution in [0.2, 0.25) is 5.02 Å². The van der Waals surface area contributed by atoms with Crippen LogP contribution in [0.3, 0.4) is 0 Å². The van der Waals surface area contributed by atoms with Gasteiger partial charge in [0.15, 0.2) is 11.5 Å². The number of likely N-dealkylation sites (tertiary alicyclic amines) is 1. The molecule has 0 saturated carbocycles. The molecule has 0 aliphatic carbocycles. The van der Waals surface area contributed by atoms with Crippen molar-refractivity contribution in [2.24, 2.45) is 5.92 Å². The van der Waals surface area contributed by atoms with Crippen molar-refractivity contribution in [3.63, 3.8) is 0 Å². The smallest absolute Gasteiger partial charge is 0.256 e. The van der Waals surface area contributed by atoms with Crippen LogP contribution >= 0.6 is 11.6 Å². The Morgan fingerprint density at radius 1 is 1.12 bits per heavy atom. The third-order valence-corrected chi connectivity index (χ3v) is 7.21. The van der Waals surface area contributed by atoms with Crippen LogP contribution in [0.1, 0.15) is 29.6 Å². The lowest BCUT2D eigenvalue weighted by Gasteiger charge is -2.29. The number of rotatable bonds is 10. The molecule has 1 saturated heterocycles. The predicted octanol–water partition coefficient (Wildman–Crippen LogP) is 5.80. The van der Waals surface area contributed by atoms with E-state index in [1.54, 1.807) is 49.7 Å². The summed E-state index contributed by atoms with van der Waals surface area (Å²) in [6, 6.07) is 14.0. The first-order valence-electron chi connectivity index (χ1n) is 13.5. The van der Waals surface area contributed by atoms with Gasteiger partial charge in [0.1, 0.15) is 18.0 Å². The van der Waals surface area contributed by atoms with Gasteiger partial charge in [0.25, 0.3) is 5.91 Å². The van der Waals surface area contributed by atoms with Gasteiger partial charge in [-0.2, -0.15) is 0 Å².